The maximum Gasteiger partial charge on any atom is 0.416 e. The van der Waals surface area contributed by atoms with E-state index in [1.165, 1.54) is 18.5 Å². The summed E-state index contributed by atoms with van der Waals surface area (Å²) in [5.74, 6) is 0. The number of hydrogen-bond donors (Lipinski definition) is 2. The molecule has 0 spiro atoms. The predicted octanol–water partition coefficient (Wildman–Crippen LogP) is 5.66. The van der Waals surface area contributed by atoms with Gasteiger partial charge in [-0.05, 0) is 36.8 Å². The summed E-state index contributed by atoms with van der Waals surface area (Å²) in [6.07, 6.45) is -5.80. The van der Waals surface area contributed by atoms with Crippen molar-refractivity contribution in [1.29, 1.82) is 10.5 Å². The Hall–Kier alpha value is -2.89. The molecule has 0 heterocycles. The highest BCUT2D eigenvalue weighted by molar-refractivity contribution is 8.04. The van der Waals surface area contributed by atoms with E-state index in [4.69, 9.17) is 10.5 Å². The smallest absolute Gasteiger partial charge is 0.386 e. The fourth-order valence-corrected chi connectivity index (χ4v) is 4.49. The van der Waals surface area contributed by atoms with Crippen molar-refractivity contribution >= 4 is 37.1 Å². The van der Waals surface area contributed by atoms with Crippen LogP contribution in [0, 0.1) is 28.1 Å². The van der Waals surface area contributed by atoms with Gasteiger partial charge in [-0.3, -0.25) is 0 Å². The van der Waals surface area contributed by atoms with Crippen LogP contribution in [0.4, 0.5) is 32.0 Å². The van der Waals surface area contributed by atoms with Gasteiger partial charge in [0, 0.05) is 30.4 Å². The average molecular weight is 635 g/mol. The maximum absolute atomic E-state index is 12.8. The van der Waals surface area contributed by atoms with Gasteiger partial charge in [-0.25, -0.2) is 16.8 Å². The highest BCUT2D eigenvalue weighted by Gasteiger charge is 2.37. The standard InChI is InChI=1S/C13H10F6N2O2S2.C10H18N2O2S/c1-24-11(10(6-20)25(2,22)23)21-9-4-7(12(14,15)16)3-8(5-9)13(17,18)19;1-8(10(2,3)4)12-7-9(6-11)15(5,13)14/h3-5,21H,1-2H3;7-8,12H,1-5H3/b11-10+;9-7+. The Bertz CT molecular complexity index is 1400. The molecule has 0 aromatic heterocycles. The van der Waals surface area contributed by atoms with Crippen LogP contribution in [-0.4, -0.2) is 41.6 Å². The Morgan fingerprint density at radius 1 is 0.900 bits per heavy atom. The Morgan fingerprint density at radius 3 is 1.62 bits per heavy atom. The quantitative estimate of drug-likeness (QED) is 0.287. The molecular formula is C23H28F6N4O4S3. The zero-order valence-electron chi connectivity index (χ0n) is 22.4. The van der Waals surface area contributed by atoms with Gasteiger partial charge in [0.05, 0.1) is 11.1 Å². The van der Waals surface area contributed by atoms with Gasteiger partial charge >= 0.3 is 12.4 Å². The minimum Gasteiger partial charge on any atom is -0.386 e. The fraction of sp³-hybridized carbons (Fsp3) is 0.478. The van der Waals surface area contributed by atoms with Crippen LogP contribution in [0.5, 0.6) is 0 Å². The largest absolute Gasteiger partial charge is 0.416 e. The number of halogens is 6. The topological polar surface area (TPSA) is 140 Å². The summed E-state index contributed by atoms with van der Waals surface area (Å²) in [5.41, 5.74) is -3.77. The number of nitriles is 2. The molecule has 8 nitrogen and oxygen atoms in total. The zero-order chi connectivity index (χ0) is 31.9. The molecule has 0 radical (unpaired) electrons. The highest BCUT2D eigenvalue weighted by Crippen LogP contribution is 2.38. The first-order valence-corrected chi connectivity index (χ1v) is 15.8. The first-order valence-electron chi connectivity index (χ1n) is 10.8. The SMILES string of the molecule is CC(N/C=C(\C#N)S(C)(=O)=O)C(C)(C)C.CS/C(Nc1cc(C(F)(F)F)cc(C(F)(F)F)c1)=C(\C#N)S(C)(=O)=O. The minimum absolute atomic E-state index is 0.00850. The lowest BCUT2D eigenvalue weighted by Crippen LogP contribution is -2.34. The first kappa shape index (κ1) is 37.1. The van der Waals surface area contributed by atoms with Crippen LogP contribution in [0.1, 0.15) is 38.8 Å². The van der Waals surface area contributed by atoms with Crippen molar-refractivity contribution in [2.45, 2.75) is 46.1 Å². The number of hydrogen-bond acceptors (Lipinski definition) is 9. The van der Waals surface area contributed by atoms with Crippen molar-refractivity contribution in [3.05, 3.63) is 50.4 Å². The van der Waals surface area contributed by atoms with Crippen molar-refractivity contribution in [2.24, 2.45) is 5.41 Å². The number of anilines is 1. The van der Waals surface area contributed by atoms with Gasteiger partial charge in [0.1, 0.15) is 17.2 Å². The second kappa shape index (κ2) is 13.6. The monoisotopic (exact) mass is 634 g/mol. The number of nitrogens with zero attached hydrogens (tertiary/aromatic N) is 2. The van der Waals surface area contributed by atoms with Crippen molar-refractivity contribution in [2.75, 3.05) is 24.1 Å². The summed E-state index contributed by atoms with van der Waals surface area (Å²) in [7, 11) is -7.45. The summed E-state index contributed by atoms with van der Waals surface area (Å²) < 4.78 is 122. The van der Waals surface area contributed by atoms with Gasteiger partial charge in [-0.15, -0.1) is 11.8 Å². The average Bonchev–Trinajstić information content (AvgIpc) is 2.75. The molecule has 0 fully saturated rings. The van der Waals surface area contributed by atoms with Crippen LogP contribution in [0.25, 0.3) is 0 Å². The van der Waals surface area contributed by atoms with Crippen molar-refractivity contribution in [1.82, 2.24) is 5.32 Å². The molecule has 1 aromatic rings. The summed E-state index contributed by atoms with van der Waals surface area (Å²) >= 11 is 0.655. The predicted molar refractivity (Wildman–Crippen MR) is 142 cm³/mol. The van der Waals surface area contributed by atoms with E-state index in [1.807, 2.05) is 27.7 Å². The van der Waals surface area contributed by atoms with Gasteiger partial charge in [-0.2, -0.15) is 36.9 Å². The van der Waals surface area contributed by atoms with Gasteiger partial charge in [0.15, 0.2) is 29.5 Å². The summed E-state index contributed by atoms with van der Waals surface area (Å²) in [6, 6.07) is 3.84. The molecule has 0 bridgehead atoms. The molecule has 1 unspecified atom stereocenters. The lowest BCUT2D eigenvalue weighted by atomic mass is 9.88. The Labute approximate surface area is 234 Å². The molecule has 0 amide bonds. The van der Waals surface area contributed by atoms with E-state index in [1.54, 1.807) is 6.07 Å². The van der Waals surface area contributed by atoms with Crippen LogP contribution in [0.3, 0.4) is 0 Å². The number of rotatable bonds is 7. The number of sulfone groups is 2. The molecule has 2 N–H and O–H groups in total. The molecule has 1 atom stereocenters. The van der Waals surface area contributed by atoms with Crippen molar-refractivity contribution < 1.29 is 43.2 Å². The lowest BCUT2D eigenvalue weighted by Gasteiger charge is -2.27. The molecule has 0 aliphatic rings. The van der Waals surface area contributed by atoms with Crippen molar-refractivity contribution in [3.8, 4) is 12.1 Å². The van der Waals surface area contributed by atoms with Gasteiger partial charge in [-0.1, -0.05) is 20.8 Å². The molecule has 1 aromatic carbocycles. The summed E-state index contributed by atoms with van der Waals surface area (Å²) in [5, 5.41) is 22.2. The third-order valence-corrected chi connectivity index (χ3v) is 7.89. The summed E-state index contributed by atoms with van der Waals surface area (Å²) in [6.45, 7) is 8.04. The van der Waals surface area contributed by atoms with E-state index < -0.39 is 58.8 Å². The number of thioether (sulfide) groups is 1. The molecular weight excluding hydrogens is 606 g/mol. The molecule has 0 aliphatic heterocycles. The van der Waals surface area contributed by atoms with Gasteiger partial charge in [0.2, 0.25) is 0 Å². The normalized spacial score (nSPS) is 14.5. The van der Waals surface area contributed by atoms with E-state index in [9.17, 15) is 43.2 Å². The fourth-order valence-electron chi connectivity index (χ4n) is 2.33. The van der Waals surface area contributed by atoms with Gasteiger partial charge in [0.25, 0.3) is 0 Å². The van der Waals surface area contributed by atoms with Crippen LogP contribution in [-0.2, 0) is 32.0 Å². The van der Waals surface area contributed by atoms with Gasteiger partial charge < -0.3 is 10.6 Å². The van der Waals surface area contributed by atoms with E-state index in [-0.39, 0.29) is 22.4 Å². The van der Waals surface area contributed by atoms with E-state index >= 15 is 0 Å². The van der Waals surface area contributed by atoms with E-state index in [0.29, 0.717) is 30.2 Å². The molecule has 1 rings (SSSR count). The summed E-state index contributed by atoms with van der Waals surface area (Å²) in [4.78, 5) is -1.04. The maximum atomic E-state index is 12.8. The lowest BCUT2D eigenvalue weighted by molar-refractivity contribution is -0.143. The molecule has 17 heteroatoms. The molecule has 0 aliphatic carbocycles. The Morgan fingerprint density at radius 2 is 1.35 bits per heavy atom. The highest BCUT2D eigenvalue weighted by atomic mass is 32.2. The second-order valence-electron chi connectivity index (χ2n) is 9.31. The second-order valence-corrected chi connectivity index (χ2v) is 14.1. The molecule has 224 valence electrons. The first-order chi connectivity index (χ1) is 17.8. The third-order valence-electron chi connectivity index (χ3n) is 5.00. The number of nitrogens with one attached hydrogen (secondary N) is 2. The number of allylic oxidation sites excluding steroid dienone is 2. The van der Waals surface area contributed by atoms with E-state index in [0.717, 1.165) is 6.26 Å². The van der Waals surface area contributed by atoms with Crippen molar-refractivity contribution in [3.63, 3.8) is 0 Å². The van der Waals surface area contributed by atoms with E-state index in [2.05, 4.69) is 10.6 Å². The van der Waals surface area contributed by atoms with Crippen LogP contribution >= 0.6 is 11.8 Å². The van der Waals surface area contributed by atoms with Crippen LogP contribution in [0.2, 0.25) is 0 Å². The molecule has 0 saturated carbocycles. The molecule has 40 heavy (non-hydrogen) atoms. The zero-order valence-corrected chi connectivity index (χ0v) is 24.9. The van der Waals surface area contributed by atoms with Crippen LogP contribution < -0.4 is 10.6 Å². The molecule has 0 saturated heterocycles. The minimum atomic E-state index is -5.05. The third kappa shape index (κ3) is 12.1. The Kier molecular flexibility index (Phi) is 12.7. The van der Waals surface area contributed by atoms with Crippen LogP contribution in [0.15, 0.2) is 39.2 Å². The number of benzene rings is 1. The Balaban J connectivity index is 0.000000868. The number of alkyl halides is 6.